The van der Waals surface area contributed by atoms with Crippen LogP contribution in [0.3, 0.4) is 0 Å². The molecule has 8 nitrogen and oxygen atoms in total. The number of urea groups is 1. The molecule has 0 spiro atoms. The van der Waals surface area contributed by atoms with Crippen molar-refractivity contribution in [2.45, 2.75) is 6.42 Å². The Morgan fingerprint density at radius 2 is 2.38 bits per heavy atom. The fourth-order valence-corrected chi connectivity index (χ4v) is 2.26. The molecule has 21 heavy (non-hydrogen) atoms. The number of nitro benzene ring substituents is 1. The van der Waals surface area contributed by atoms with Crippen molar-refractivity contribution in [3.05, 3.63) is 28.3 Å². The number of amides is 2. The van der Waals surface area contributed by atoms with Crippen LogP contribution >= 0.6 is 0 Å². The van der Waals surface area contributed by atoms with E-state index >= 15 is 0 Å². The van der Waals surface area contributed by atoms with Crippen LogP contribution in [0.1, 0.15) is 6.42 Å². The van der Waals surface area contributed by atoms with Crippen LogP contribution in [0.2, 0.25) is 0 Å². The summed E-state index contributed by atoms with van der Waals surface area (Å²) >= 11 is 0. The zero-order valence-corrected chi connectivity index (χ0v) is 11.6. The quantitative estimate of drug-likeness (QED) is 0.646. The molecule has 1 aromatic carbocycles. The number of benzene rings is 1. The maximum atomic E-state index is 12.1. The summed E-state index contributed by atoms with van der Waals surface area (Å²) in [5, 5.41) is 22.6. The van der Waals surface area contributed by atoms with Crippen molar-refractivity contribution in [1.29, 1.82) is 0 Å². The predicted octanol–water partition coefficient (Wildman–Crippen LogP) is 1.45. The van der Waals surface area contributed by atoms with Gasteiger partial charge in [-0.1, -0.05) is 0 Å². The summed E-state index contributed by atoms with van der Waals surface area (Å²) in [6.07, 6.45) is 0.731. The van der Waals surface area contributed by atoms with Crippen LogP contribution in [0.25, 0.3) is 0 Å². The number of rotatable bonds is 4. The van der Waals surface area contributed by atoms with E-state index in [1.54, 1.807) is 6.07 Å². The van der Waals surface area contributed by atoms with Gasteiger partial charge in [0.2, 0.25) is 0 Å². The Hall–Kier alpha value is -2.35. The highest BCUT2D eigenvalue weighted by Crippen LogP contribution is 2.29. The Morgan fingerprint density at radius 3 is 2.95 bits per heavy atom. The Balaban J connectivity index is 2.12. The van der Waals surface area contributed by atoms with E-state index in [0.29, 0.717) is 18.8 Å². The molecular weight excluding hydrogens is 278 g/mol. The molecule has 0 aromatic heterocycles. The molecule has 2 amide bonds. The van der Waals surface area contributed by atoms with E-state index in [4.69, 9.17) is 9.84 Å². The molecule has 114 valence electrons. The molecule has 1 aliphatic heterocycles. The summed E-state index contributed by atoms with van der Waals surface area (Å²) in [5.74, 6) is 0.419. The number of nitrogens with zero attached hydrogens (tertiary/aromatic N) is 2. The van der Waals surface area contributed by atoms with Gasteiger partial charge in [-0.05, 0) is 18.6 Å². The third kappa shape index (κ3) is 3.40. The Morgan fingerprint density at radius 1 is 1.62 bits per heavy atom. The number of carbonyl (C=O) groups is 1. The Bertz CT molecular complexity index is 549. The summed E-state index contributed by atoms with van der Waals surface area (Å²) in [7, 11) is 1.41. The van der Waals surface area contributed by atoms with E-state index in [2.05, 4.69) is 5.32 Å². The smallest absolute Gasteiger partial charge is 0.322 e. The fourth-order valence-electron chi connectivity index (χ4n) is 2.26. The molecule has 0 saturated carbocycles. The average Bonchev–Trinajstić information content (AvgIpc) is 2.96. The number of aliphatic hydroxyl groups excluding tert-OH is 1. The van der Waals surface area contributed by atoms with Crippen molar-refractivity contribution < 1.29 is 19.6 Å². The second-order valence-electron chi connectivity index (χ2n) is 4.85. The van der Waals surface area contributed by atoms with Crippen LogP contribution in [-0.4, -0.2) is 47.8 Å². The molecule has 1 aliphatic rings. The lowest BCUT2D eigenvalue weighted by Gasteiger charge is -2.17. The van der Waals surface area contributed by atoms with Crippen molar-refractivity contribution in [1.82, 2.24) is 4.90 Å². The van der Waals surface area contributed by atoms with Gasteiger partial charge in [0, 0.05) is 25.6 Å². The molecule has 0 radical (unpaired) electrons. The lowest BCUT2D eigenvalue weighted by Crippen LogP contribution is -2.33. The number of hydrogen-bond acceptors (Lipinski definition) is 5. The zero-order chi connectivity index (χ0) is 15.4. The van der Waals surface area contributed by atoms with Crippen LogP contribution in [0, 0.1) is 16.0 Å². The van der Waals surface area contributed by atoms with Crippen molar-refractivity contribution in [3.8, 4) is 5.75 Å². The standard InChI is InChI=1S/C13H17N3O5/c1-21-10-2-3-11(12(6-10)16(19)20)14-13(18)15-5-4-9(7-15)8-17/h2-3,6,9,17H,4-5,7-8H2,1H3,(H,14,18). The van der Waals surface area contributed by atoms with Gasteiger partial charge in [-0.25, -0.2) is 4.79 Å². The minimum Gasteiger partial charge on any atom is -0.496 e. The first-order valence-corrected chi connectivity index (χ1v) is 6.54. The van der Waals surface area contributed by atoms with Gasteiger partial charge in [-0.2, -0.15) is 0 Å². The molecule has 1 atom stereocenters. The molecule has 1 heterocycles. The Kier molecular flexibility index (Phi) is 4.59. The van der Waals surface area contributed by atoms with Gasteiger partial charge in [0.25, 0.3) is 5.69 Å². The second-order valence-corrected chi connectivity index (χ2v) is 4.85. The minimum absolute atomic E-state index is 0.0342. The SMILES string of the molecule is COc1ccc(NC(=O)N2CCC(CO)C2)c([N+](=O)[O-])c1. The van der Waals surface area contributed by atoms with E-state index in [1.807, 2.05) is 0 Å². The number of ether oxygens (including phenoxy) is 1. The van der Waals surface area contributed by atoms with E-state index < -0.39 is 11.0 Å². The molecule has 1 unspecified atom stereocenters. The van der Waals surface area contributed by atoms with Crippen LogP contribution in [-0.2, 0) is 0 Å². The summed E-state index contributed by atoms with van der Waals surface area (Å²) in [6, 6.07) is 3.84. The lowest BCUT2D eigenvalue weighted by atomic mass is 10.1. The van der Waals surface area contributed by atoms with E-state index in [0.717, 1.165) is 6.42 Å². The zero-order valence-electron chi connectivity index (χ0n) is 11.6. The number of nitro groups is 1. The van der Waals surface area contributed by atoms with E-state index in [9.17, 15) is 14.9 Å². The first-order valence-electron chi connectivity index (χ1n) is 6.54. The Labute approximate surface area is 121 Å². The maximum Gasteiger partial charge on any atom is 0.322 e. The number of methoxy groups -OCH3 is 1. The summed E-state index contributed by atoms with van der Waals surface area (Å²) in [6.45, 7) is 1.01. The summed E-state index contributed by atoms with van der Waals surface area (Å²) < 4.78 is 4.94. The van der Waals surface area contributed by atoms with Crippen molar-refractivity contribution in [3.63, 3.8) is 0 Å². The number of hydrogen-bond donors (Lipinski definition) is 2. The largest absolute Gasteiger partial charge is 0.496 e. The fraction of sp³-hybridized carbons (Fsp3) is 0.462. The molecule has 0 bridgehead atoms. The first kappa shape index (κ1) is 15.0. The van der Waals surface area contributed by atoms with E-state index in [1.165, 1.54) is 24.1 Å². The van der Waals surface area contributed by atoms with Gasteiger partial charge < -0.3 is 20.1 Å². The topological polar surface area (TPSA) is 105 Å². The summed E-state index contributed by atoms with van der Waals surface area (Å²) in [4.78, 5) is 24.1. The first-order chi connectivity index (χ1) is 10.0. The van der Waals surface area contributed by atoms with Gasteiger partial charge in [0.05, 0.1) is 18.1 Å². The molecule has 2 rings (SSSR count). The molecular formula is C13H17N3O5. The normalized spacial score (nSPS) is 17.6. The maximum absolute atomic E-state index is 12.1. The van der Waals surface area contributed by atoms with Crippen molar-refractivity contribution >= 4 is 17.4 Å². The molecule has 0 aliphatic carbocycles. The van der Waals surface area contributed by atoms with E-state index in [-0.39, 0.29) is 23.9 Å². The second kappa shape index (κ2) is 6.40. The molecule has 1 fully saturated rings. The molecule has 1 saturated heterocycles. The average molecular weight is 295 g/mol. The van der Waals surface area contributed by atoms with Crippen LogP contribution in [0.5, 0.6) is 5.75 Å². The lowest BCUT2D eigenvalue weighted by molar-refractivity contribution is -0.384. The van der Waals surface area contributed by atoms with Gasteiger partial charge in [0.1, 0.15) is 11.4 Å². The highest BCUT2D eigenvalue weighted by Gasteiger charge is 2.27. The minimum atomic E-state index is -0.571. The van der Waals surface area contributed by atoms with Crippen LogP contribution in [0.15, 0.2) is 18.2 Å². The monoisotopic (exact) mass is 295 g/mol. The summed E-state index contributed by atoms with van der Waals surface area (Å²) in [5.41, 5.74) is -0.0983. The number of anilines is 1. The molecule has 1 aromatic rings. The van der Waals surface area contributed by atoms with Crippen molar-refractivity contribution in [2.24, 2.45) is 5.92 Å². The van der Waals surface area contributed by atoms with Gasteiger partial charge in [-0.3, -0.25) is 10.1 Å². The van der Waals surface area contributed by atoms with Gasteiger partial charge >= 0.3 is 6.03 Å². The number of likely N-dealkylation sites (tertiary alicyclic amines) is 1. The van der Waals surface area contributed by atoms with Crippen LogP contribution in [0.4, 0.5) is 16.2 Å². The molecule has 8 heteroatoms. The van der Waals surface area contributed by atoms with Gasteiger partial charge in [-0.15, -0.1) is 0 Å². The predicted molar refractivity (Wildman–Crippen MR) is 75.4 cm³/mol. The number of aliphatic hydroxyl groups is 1. The highest BCUT2D eigenvalue weighted by atomic mass is 16.6. The highest BCUT2D eigenvalue weighted by molar-refractivity contribution is 5.92. The number of nitrogens with one attached hydrogen (secondary N) is 1. The third-order valence-electron chi connectivity index (χ3n) is 3.47. The van der Waals surface area contributed by atoms with Gasteiger partial charge in [0.15, 0.2) is 0 Å². The van der Waals surface area contributed by atoms with Crippen molar-refractivity contribution in [2.75, 3.05) is 32.1 Å². The third-order valence-corrected chi connectivity index (χ3v) is 3.47. The molecule has 2 N–H and O–H groups in total. The van der Waals surface area contributed by atoms with Crippen LogP contribution < -0.4 is 10.1 Å². The number of carbonyl (C=O) groups excluding carboxylic acids is 1.